The van der Waals surface area contributed by atoms with Gasteiger partial charge in [-0.2, -0.15) is 0 Å². The summed E-state index contributed by atoms with van der Waals surface area (Å²) in [5, 5.41) is 28.7. The normalized spacial score (nSPS) is 20.0. The van der Waals surface area contributed by atoms with Crippen LogP contribution in [0.1, 0.15) is 39.5 Å². The third-order valence-corrected chi connectivity index (χ3v) is 4.48. The van der Waals surface area contributed by atoms with Crippen molar-refractivity contribution in [2.24, 2.45) is 5.73 Å². The topological polar surface area (TPSA) is 200 Å². The van der Waals surface area contributed by atoms with Crippen molar-refractivity contribution in [3.63, 3.8) is 0 Å². The molecule has 164 valence electrons. The Kier molecular flexibility index (Phi) is 9.48. The van der Waals surface area contributed by atoms with Crippen LogP contribution in [0.2, 0.25) is 0 Å². The van der Waals surface area contributed by atoms with E-state index in [-0.39, 0.29) is 12.8 Å². The van der Waals surface area contributed by atoms with E-state index in [2.05, 4.69) is 21.3 Å². The average molecular weight is 415 g/mol. The van der Waals surface area contributed by atoms with Crippen LogP contribution in [0, 0.1) is 0 Å². The Morgan fingerprint density at radius 3 is 2.24 bits per heavy atom. The Morgan fingerprint density at radius 1 is 1.10 bits per heavy atom. The first kappa shape index (κ1) is 24.3. The number of hydrogen-bond acceptors (Lipinski definition) is 7. The van der Waals surface area contributed by atoms with Crippen LogP contribution in [-0.2, 0) is 24.0 Å². The van der Waals surface area contributed by atoms with Crippen molar-refractivity contribution in [1.82, 2.24) is 21.3 Å². The number of hydrogen-bond donors (Lipinski definition) is 7. The van der Waals surface area contributed by atoms with Gasteiger partial charge in [-0.1, -0.05) is 0 Å². The zero-order chi connectivity index (χ0) is 22.1. The molecular formula is C17H29N5O7. The van der Waals surface area contributed by atoms with Crippen LogP contribution in [0.3, 0.4) is 0 Å². The largest absolute Gasteiger partial charge is 0.480 e. The monoisotopic (exact) mass is 415 g/mol. The van der Waals surface area contributed by atoms with Crippen LogP contribution in [0.4, 0.5) is 0 Å². The maximum atomic E-state index is 12.6. The van der Waals surface area contributed by atoms with Crippen molar-refractivity contribution in [2.45, 2.75) is 69.8 Å². The minimum atomic E-state index is -1.46. The Labute approximate surface area is 168 Å². The summed E-state index contributed by atoms with van der Waals surface area (Å²) >= 11 is 0. The maximum absolute atomic E-state index is 12.6. The molecule has 1 aliphatic heterocycles. The fourth-order valence-corrected chi connectivity index (χ4v) is 2.76. The third-order valence-electron chi connectivity index (χ3n) is 4.48. The molecule has 0 unspecified atom stereocenters. The Bertz CT molecular complexity index is 634. The molecule has 0 spiro atoms. The summed E-state index contributed by atoms with van der Waals surface area (Å²) in [6.45, 7) is 3.14. The number of rotatable bonds is 11. The summed E-state index contributed by atoms with van der Waals surface area (Å²) in [5.74, 6) is -4.09. The number of primary amides is 1. The summed E-state index contributed by atoms with van der Waals surface area (Å²) in [5.41, 5.74) is 5.12. The fraction of sp³-hybridized carbons (Fsp3) is 0.706. The number of carbonyl (C=O) groups is 5. The molecule has 0 aromatic heterocycles. The van der Waals surface area contributed by atoms with E-state index in [0.717, 1.165) is 6.42 Å². The molecule has 0 radical (unpaired) electrons. The Morgan fingerprint density at radius 2 is 1.76 bits per heavy atom. The van der Waals surface area contributed by atoms with Crippen LogP contribution >= 0.6 is 0 Å². The molecule has 29 heavy (non-hydrogen) atoms. The lowest BCUT2D eigenvalue weighted by Gasteiger charge is -2.26. The van der Waals surface area contributed by atoms with Gasteiger partial charge in [-0.3, -0.25) is 24.0 Å². The van der Waals surface area contributed by atoms with Gasteiger partial charge < -0.3 is 37.2 Å². The van der Waals surface area contributed by atoms with Gasteiger partial charge in [-0.25, -0.2) is 0 Å². The van der Waals surface area contributed by atoms with Crippen molar-refractivity contribution in [3.8, 4) is 0 Å². The number of amides is 4. The average Bonchev–Trinajstić information content (AvgIpc) is 3.16. The molecule has 0 aromatic rings. The van der Waals surface area contributed by atoms with E-state index in [0.29, 0.717) is 13.0 Å². The van der Waals surface area contributed by atoms with Gasteiger partial charge >= 0.3 is 5.97 Å². The van der Waals surface area contributed by atoms with Crippen molar-refractivity contribution in [1.29, 1.82) is 0 Å². The lowest BCUT2D eigenvalue weighted by Crippen LogP contribution is -2.59. The predicted molar refractivity (Wildman–Crippen MR) is 100 cm³/mol. The molecule has 1 fully saturated rings. The maximum Gasteiger partial charge on any atom is 0.325 e. The fourth-order valence-electron chi connectivity index (χ4n) is 2.76. The van der Waals surface area contributed by atoms with Crippen LogP contribution in [0.15, 0.2) is 0 Å². The number of aliphatic hydroxyl groups is 1. The number of carboxylic acid groups (broad SMARTS) is 1. The highest BCUT2D eigenvalue weighted by Gasteiger charge is 2.32. The first-order chi connectivity index (χ1) is 13.5. The quantitative estimate of drug-likeness (QED) is 0.184. The second-order valence-electron chi connectivity index (χ2n) is 7.01. The number of aliphatic carboxylic acids is 1. The summed E-state index contributed by atoms with van der Waals surface area (Å²) in [4.78, 5) is 59.2. The van der Waals surface area contributed by atoms with E-state index in [1.165, 1.54) is 13.8 Å². The minimum absolute atomic E-state index is 0.0979. The lowest BCUT2D eigenvalue weighted by molar-refractivity contribution is -0.142. The van der Waals surface area contributed by atoms with Gasteiger partial charge in [0.15, 0.2) is 0 Å². The summed E-state index contributed by atoms with van der Waals surface area (Å²) in [6.07, 6.45) is -0.217. The van der Waals surface area contributed by atoms with Gasteiger partial charge in [-0.05, 0) is 39.7 Å². The van der Waals surface area contributed by atoms with Crippen molar-refractivity contribution < 1.29 is 34.2 Å². The number of carboxylic acids is 1. The summed E-state index contributed by atoms with van der Waals surface area (Å²) < 4.78 is 0. The number of carbonyl (C=O) groups excluding carboxylic acids is 4. The van der Waals surface area contributed by atoms with Gasteiger partial charge in [0, 0.05) is 6.42 Å². The van der Waals surface area contributed by atoms with Crippen LogP contribution in [-0.4, -0.2) is 76.6 Å². The molecule has 1 heterocycles. The number of nitrogens with two attached hydrogens (primary N) is 1. The molecule has 12 nitrogen and oxygen atoms in total. The molecule has 1 aliphatic rings. The highest BCUT2D eigenvalue weighted by Crippen LogP contribution is 2.07. The number of nitrogens with one attached hydrogen (secondary N) is 4. The summed E-state index contributed by atoms with van der Waals surface area (Å²) in [6, 6.07) is -4.32. The highest BCUT2D eigenvalue weighted by atomic mass is 16.4. The lowest BCUT2D eigenvalue weighted by atomic mass is 10.1. The standard InChI is InChI=1S/C17H29N5O7/c1-8(17(28)29)20-16(27)13(9(2)23)22-15(26)11(5-6-12(18)24)21-14(25)10-4-3-7-19-10/h8-11,13,19,23H,3-7H2,1-2H3,(H2,18,24)(H,20,27)(H,21,25)(H,22,26)(H,28,29)/t8-,9+,10-,11-,13-/m0/s1. The van der Waals surface area contributed by atoms with Crippen molar-refractivity contribution >= 4 is 29.6 Å². The van der Waals surface area contributed by atoms with Crippen molar-refractivity contribution in [3.05, 3.63) is 0 Å². The molecule has 0 aliphatic carbocycles. The molecule has 8 N–H and O–H groups in total. The van der Waals surface area contributed by atoms with Crippen molar-refractivity contribution in [2.75, 3.05) is 6.54 Å². The molecule has 1 saturated heterocycles. The Hall–Kier alpha value is -2.73. The van der Waals surface area contributed by atoms with E-state index < -0.39 is 59.9 Å². The van der Waals surface area contributed by atoms with Gasteiger partial charge in [0.05, 0.1) is 12.1 Å². The van der Waals surface area contributed by atoms with Crippen LogP contribution < -0.4 is 27.0 Å². The molecule has 0 aromatic carbocycles. The third kappa shape index (κ3) is 8.03. The van der Waals surface area contributed by atoms with E-state index in [1.807, 2.05) is 0 Å². The molecule has 1 rings (SSSR count). The molecule has 0 bridgehead atoms. The molecule has 12 heteroatoms. The van der Waals surface area contributed by atoms with Gasteiger partial charge in [-0.15, -0.1) is 0 Å². The van der Waals surface area contributed by atoms with E-state index >= 15 is 0 Å². The first-order valence-electron chi connectivity index (χ1n) is 9.36. The Balaban J connectivity index is 2.84. The first-order valence-corrected chi connectivity index (χ1v) is 9.36. The number of aliphatic hydroxyl groups excluding tert-OH is 1. The summed E-state index contributed by atoms with van der Waals surface area (Å²) in [7, 11) is 0. The second kappa shape index (κ2) is 11.3. The molecule has 5 atom stereocenters. The molecular weight excluding hydrogens is 386 g/mol. The van der Waals surface area contributed by atoms with Gasteiger partial charge in [0.25, 0.3) is 0 Å². The van der Waals surface area contributed by atoms with E-state index in [1.54, 1.807) is 0 Å². The minimum Gasteiger partial charge on any atom is -0.480 e. The highest BCUT2D eigenvalue weighted by molar-refractivity contribution is 5.94. The van der Waals surface area contributed by atoms with Crippen LogP contribution in [0.5, 0.6) is 0 Å². The zero-order valence-electron chi connectivity index (χ0n) is 16.4. The van der Waals surface area contributed by atoms with E-state index in [4.69, 9.17) is 10.8 Å². The SMILES string of the molecule is C[C@H](NC(=O)[C@@H](NC(=O)[C@H](CCC(N)=O)NC(=O)[C@@H]1CCCN1)[C@@H](C)O)C(=O)O. The zero-order valence-corrected chi connectivity index (χ0v) is 16.4. The smallest absolute Gasteiger partial charge is 0.325 e. The molecule has 4 amide bonds. The van der Waals surface area contributed by atoms with Gasteiger partial charge in [0.1, 0.15) is 18.1 Å². The molecule has 0 saturated carbocycles. The van der Waals surface area contributed by atoms with Crippen LogP contribution in [0.25, 0.3) is 0 Å². The van der Waals surface area contributed by atoms with E-state index in [9.17, 15) is 29.1 Å². The second-order valence-corrected chi connectivity index (χ2v) is 7.01. The predicted octanol–water partition coefficient (Wildman–Crippen LogP) is -3.06. The van der Waals surface area contributed by atoms with Gasteiger partial charge in [0.2, 0.25) is 23.6 Å².